The topological polar surface area (TPSA) is 48.4 Å². The summed E-state index contributed by atoms with van der Waals surface area (Å²) in [4.78, 5) is 14.7. The highest BCUT2D eigenvalue weighted by molar-refractivity contribution is 7.99. The molecule has 0 amide bonds. The van der Waals surface area contributed by atoms with Crippen LogP contribution in [-0.2, 0) is 16.1 Å². The van der Waals surface area contributed by atoms with Crippen LogP contribution in [0.3, 0.4) is 0 Å². The molecule has 1 aliphatic rings. The van der Waals surface area contributed by atoms with Crippen LogP contribution >= 0.6 is 11.8 Å². The van der Waals surface area contributed by atoms with Gasteiger partial charge in [0.25, 0.3) is 6.47 Å². The molecular formula is C19H20FNO3S. The summed E-state index contributed by atoms with van der Waals surface area (Å²) in [5.41, 5.74) is 1.76. The van der Waals surface area contributed by atoms with Crippen LogP contribution in [0.5, 0.6) is 5.75 Å². The van der Waals surface area contributed by atoms with Crippen molar-refractivity contribution in [2.45, 2.75) is 49.2 Å². The van der Waals surface area contributed by atoms with Crippen molar-refractivity contribution in [1.29, 1.82) is 0 Å². The Hall–Kier alpha value is -2.08. The van der Waals surface area contributed by atoms with Gasteiger partial charge in [0.1, 0.15) is 17.7 Å². The predicted octanol–water partition coefficient (Wildman–Crippen LogP) is 4.33. The van der Waals surface area contributed by atoms with E-state index in [1.54, 1.807) is 24.0 Å². The van der Waals surface area contributed by atoms with Crippen LogP contribution < -0.4 is 4.74 Å². The van der Waals surface area contributed by atoms with Crippen molar-refractivity contribution in [3.63, 3.8) is 0 Å². The Bertz CT molecular complexity index is 753. The minimum atomic E-state index is -0.406. The minimum absolute atomic E-state index is 0.0844. The summed E-state index contributed by atoms with van der Waals surface area (Å²) in [6, 6.07) is 8.70. The molecule has 1 aliphatic carbocycles. The zero-order chi connectivity index (χ0) is 17.8. The van der Waals surface area contributed by atoms with Crippen LogP contribution in [0.4, 0.5) is 4.39 Å². The lowest BCUT2D eigenvalue weighted by Gasteiger charge is -2.12. The van der Waals surface area contributed by atoms with Gasteiger partial charge in [0.05, 0.1) is 0 Å². The first kappa shape index (κ1) is 17.7. The molecule has 0 aliphatic heterocycles. The summed E-state index contributed by atoms with van der Waals surface area (Å²) in [7, 11) is 0. The van der Waals surface area contributed by atoms with Crippen LogP contribution in [0.2, 0.25) is 0 Å². The maximum absolute atomic E-state index is 14.3. The van der Waals surface area contributed by atoms with Crippen LogP contribution in [-0.4, -0.2) is 22.8 Å². The van der Waals surface area contributed by atoms with Crippen molar-refractivity contribution < 1.29 is 18.7 Å². The number of halogens is 1. The molecule has 0 spiro atoms. The third kappa shape index (κ3) is 4.51. The molecule has 2 aromatic rings. The number of thioether (sulfide) groups is 1. The fourth-order valence-electron chi connectivity index (χ4n) is 2.63. The predicted molar refractivity (Wildman–Crippen MR) is 94.3 cm³/mol. The molecule has 0 saturated heterocycles. The second-order valence-electron chi connectivity index (χ2n) is 6.23. The second-order valence-corrected chi connectivity index (χ2v) is 7.79. The van der Waals surface area contributed by atoms with E-state index in [9.17, 15) is 9.18 Å². The summed E-state index contributed by atoms with van der Waals surface area (Å²) in [5, 5.41) is 1.31. The van der Waals surface area contributed by atoms with Gasteiger partial charge in [-0.05, 0) is 30.2 Å². The summed E-state index contributed by atoms with van der Waals surface area (Å²) >= 11 is 1.66. The number of hydrogen-bond donors (Lipinski definition) is 0. The maximum atomic E-state index is 14.3. The third-order valence-electron chi connectivity index (χ3n) is 3.93. The molecule has 2 unspecified atom stereocenters. The first-order valence-corrected chi connectivity index (χ1v) is 9.08. The van der Waals surface area contributed by atoms with E-state index >= 15 is 0 Å². The molecule has 6 heteroatoms. The summed E-state index contributed by atoms with van der Waals surface area (Å²) in [5.74, 6) is -0.112. The van der Waals surface area contributed by atoms with E-state index in [1.807, 2.05) is 18.2 Å². The number of benzene rings is 1. The monoisotopic (exact) mass is 361 g/mol. The van der Waals surface area contributed by atoms with Crippen molar-refractivity contribution in [1.82, 2.24) is 4.98 Å². The standard InChI is InChI=1S/C19H20FNO3S/c1-12(2)25-19-14(4-3-7-21-19)10-23-17-6-5-13(8-16(17)20)15-9-18(15)24-11-22/h3-8,11-12,15,18H,9-10H2,1-2H3. The highest BCUT2D eigenvalue weighted by Gasteiger charge is 2.40. The van der Waals surface area contributed by atoms with E-state index in [1.165, 1.54) is 6.07 Å². The Balaban J connectivity index is 1.65. The molecule has 1 fully saturated rings. The van der Waals surface area contributed by atoms with Crippen molar-refractivity contribution in [2.24, 2.45) is 0 Å². The Morgan fingerprint density at radius 3 is 2.96 bits per heavy atom. The Morgan fingerprint density at radius 1 is 1.40 bits per heavy atom. The zero-order valence-corrected chi connectivity index (χ0v) is 15.0. The smallest absolute Gasteiger partial charge is 0.293 e. The molecule has 132 valence electrons. The van der Waals surface area contributed by atoms with Crippen LogP contribution in [0.25, 0.3) is 0 Å². The molecule has 25 heavy (non-hydrogen) atoms. The van der Waals surface area contributed by atoms with Crippen molar-refractivity contribution >= 4 is 18.2 Å². The van der Waals surface area contributed by atoms with Crippen molar-refractivity contribution in [3.05, 3.63) is 53.5 Å². The number of carbonyl (C=O) groups is 1. The van der Waals surface area contributed by atoms with Crippen LogP contribution in [0, 0.1) is 5.82 Å². The molecular weight excluding hydrogens is 341 g/mol. The van der Waals surface area contributed by atoms with Crippen molar-refractivity contribution in [2.75, 3.05) is 0 Å². The molecule has 4 nitrogen and oxygen atoms in total. The number of hydrogen-bond acceptors (Lipinski definition) is 5. The number of nitrogens with zero attached hydrogens (tertiary/aromatic N) is 1. The van der Waals surface area contributed by atoms with E-state index < -0.39 is 5.82 Å². The molecule has 0 radical (unpaired) electrons. The van der Waals surface area contributed by atoms with Gasteiger partial charge in [-0.25, -0.2) is 9.37 Å². The third-order valence-corrected chi connectivity index (χ3v) is 4.99. The van der Waals surface area contributed by atoms with Gasteiger partial charge in [-0.15, -0.1) is 11.8 Å². The fourth-order valence-corrected chi connectivity index (χ4v) is 3.47. The summed E-state index contributed by atoms with van der Waals surface area (Å²) in [6.45, 7) is 4.91. The van der Waals surface area contributed by atoms with Crippen LogP contribution in [0.1, 0.15) is 37.3 Å². The van der Waals surface area contributed by atoms with E-state index in [2.05, 4.69) is 18.8 Å². The summed E-state index contributed by atoms with van der Waals surface area (Å²) < 4.78 is 24.9. The van der Waals surface area contributed by atoms with E-state index in [0.717, 1.165) is 22.6 Å². The maximum Gasteiger partial charge on any atom is 0.293 e. The molecule has 0 bridgehead atoms. The number of aromatic nitrogens is 1. The molecule has 1 heterocycles. The zero-order valence-electron chi connectivity index (χ0n) is 14.1. The minimum Gasteiger partial charge on any atom is -0.486 e. The lowest BCUT2D eigenvalue weighted by molar-refractivity contribution is -0.129. The average Bonchev–Trinajstić information content (AvgIpc) is 3.34. The Morgan fingerprint density at radius 2 is 2.24 bits per heavy atom. The number of ether oxygens (including phenoxy) is 2. The first-order chi connectivity index (χ1) is 12.1. The lowest BCUT2D eigenvalue weighted by Crippen LogP contribution is -2.02. The molecule has 1 aromatic carbocycles. The van der Waals surface area contributed by atoms with Gasteiger partial charge in [0.2, 0.25) is 0 Å². The SMILES string of the molecule is CC(C)Sc1ncccc1COc1ccc(C2CC2OC=O)cc1F. The van der Waals surface area contributed by atoms with Gasteiger partial charge in [0, 0.05) is 22.9 Å². The van der Waals surface area contributed by atoms with Crippen LogP contribution in [0.15, 0.2) is 41.6 Å². The van der Waals surface area contributed by atoms with E-state index in [0.29, 0.717) is 11.7 Å². The first-order valence-electron chi connectivity index (χ1n) is 8.20. The average molecular weight is 361 g/mol. The quantitative estimate of drug-likeness (QED) is 0.517. The highest BCUT2D eigenvalue weighted by Crippen LogP contribution is 2.43. The molecule has 0 N–H and O–H groups in total. The van der Waals surface area contributed by atoms with Crippen molar-refractivity contribution in [3.8, 4) is 5.75 Å². The van der Waals surface area contributed by atoms with E-state index in [-0.39, 0.29) is 24.4 Å². The van der Waals surface area contributed by atoms with Gasteiger partial charge in [-0.3, -0.25) is 4.79 Å². The largest absolute Gasteiger partial charge is 0.486 e. The molecule has 1 aromatic heterocycles. The number of carbonyl (C=O) groups excluding carboxylic acids is 1. The Kier molecular flexibility index (Phi) is 5.58. The molecule has 3 rings (SSSR count). The fraction of sp³-hybridized carbons (Fsp3) is 0.368. The Labute approximate surface area is 150 Å². The van der Waals surface area contributed by atoms with E-state index in [4.69, 9.17) is 9.47 Å². The normalized spacial score (nSPS) is 18.9. The van der Waals surface area contributed by atoms with Gasteiger partial charge >= 0.3 is 0 Å². The van der Waals surface area contributed by atoms with Gasteiger partial charge in [0.15, 0.2) is 11.6 Å². The molecule has 1 saturated carbocycles. The van der Waals surface area contributed by atoms with Gasteiger partial charge < -0.3 is 9.47 Å². The summed E-state index contributed by atoms with van der Waals surface area (Å²) in [6.07, 6.45) is 2.36. The lowest BCUT2D eigenvalue weighted by atomic mass is 10.1. The molecule has 2 atom stereocenters. The highest BCUT2D eigenvalue weighted by atomic mass is 32.2. The van der Waals surface area contributed by atoms with Gasteiger partial charge in [-0.2, -0.15) is 0 Å². The second kappa shape index (κ2) is 7.87. The van der Waals surface area contributed by atoms with Gasteiger partial charge in [-0.1, -0.05) is 26.0 Å². The number of pyridine rings is 1. The number of rotatable bonds is 8.